The van der Waals surface area contributed by atoms with E-state index in [0.29, 0.717) is 0 Å². The van der Waals surface area contributed by atoms with Gasteiger partial charge in [0.15, 0.2) is 0 Å². The standard InChI is InChI=1S/C65H108N2.Pd/c1-7-9-11-13-15-17-19-21-23-25-26-27-28-29-30-31-32-33-34-35-37-39-41-43-45-47-49-51-65(67-63-56-60(5)53-61(6)57-63)64(66-62-54-58(3)52-59(4)55-62)50-48-46-44-42-40-38-36-24-22-20-18-16-14-12-10-8-2;/h48,50,52-57H,7-47H2,1-6H3;. The van der Waals surface area contributed by atoms with E-state index in [1.165, 1.54) is 266 Å². The number of unbranched alkanes of at least 4 members (excludes halogenated alkanes) is 39. The molecule has 3 heteroatoms. The monoisotopic (exact) mass is 1020 g/mol. The summed E-state index contributed by atoms with van der Waals surface area (Å²) >= 11 is 0. The van der Waals surface area contributed by atoms with Gasteiger partial charge >= 0.3 is 0 Å². The molecule has 0 radical (unpaired) electrons. The Kier molecular flexibility index (Phi) is 44.2. The Morgan fingerprint density at radius 1 is 0.368 bits per heavy atom. The van der Waals surface area contributed by atoms with Crippen LogP contribution in [0, 0.1) is 39.5 Å². The first kappa shape index (κ1) is 63.8. The molecule has 0 fully saturated rings. The Balaban J connectivity index is 0.0000231. The Bertz CT molecular complexity index is 1580. The first-order valence-corrected chi connectivity index (χ1v) is 29.4. The van der Waals surface area contributed by atoms with Crippen LogP contribution in [0.3, 0.4) is 0 Å². The normalized spacial score (nSPS) is 11.9. The van der Waals surface area contributed by atoms with Gasteiger partial charge in [-0.1, -0.05) is 276 Å². The molecule has 2 aromatic carbocycles. The van der Waals surface area contributed by atoms with Crippen molar-refractivity contribution in [2.75, 3.05) is 0 Å². The largest absolute Gasteiger partial charge is 0.246 e. The van der Waals surface area contributed by atoms with Crippen LogP contribution in [0.15, 0.2) is 58.5 Å². The minimum Gasteiger partial charge on any atom is -0.246 e. The van der Waals surface area contributed by atoms with E-state index in [4.69, 9.17) is 9.98 Å². The Hall–Kier alpha value is -2.26. The van der Waals surface area contributed by atoms with Gasteiger partial charge in [-0.05, 0) is 105 Å². The third-order valence-electron chi connectivity index (χ3n) is 13.8. The zero-order valence-corrected chi connectivity index (χ0v) is 47.4. The van der Waals surface area contributed by atoms with Crippen LogP contribution < -0.4 is 0 Å². The fraction of sp³-hybridized carbons (Fsp3) is 0.723. The molecule has 2 aromatic rings. The van der Waals surface area contributed by atoms with Crippen LogP contribution in [-0.2, 0) is 20.4 Å². The van der Waals surface area contributed by atoms with Crippen molar-refractivity contribution in [2.24, 2.45) is 9.98 Å². The summed E-state index contributed by atoms with van der Waals surface area (Å²) in [6, 6.07) is 13.1. The molecule has 0 saturated heterocycles. The summed E-state index contributed by atoms with van der Waals surface area (Å²) in [5.41, 5.74) is 8.50. The van der Waals surface area contributed by atoms with Crippen molar-refractivity contribution >= 4 is 22.8 Å². The molecule has 0 aliphatic carbocycles. The first-order valence-electron chi connectivity index (χ1n) is 29.4. The molecule has 0 bridgehead atoms. The maximum Gasteiger partial charge on any atom is 0.139 e. The molecule has 0 aliphatic rings. The molecule has 0 N–H and O–H groups in total. The Morgan fingerprint density at radius 2 is 0.647 bits per heavy atom. The SMILES string of the molecule is CCCCCCCCCCCCCCCCC=CC(=Nc1cc(C)cc(C)c1)C(C#CCCCCCCCCCCCCCCCCCCCCCCCCCCC)=Nc1cc(C)cc(C)c1.[Pd]. The van der Waals surface area contributed by atoms with Crippen molar-refractivity contribution < 1.29 is 20.4 Å². The quantitative estimate of drug-likeness (QED) is 0.0274. The van der Waals surface area contributed by atoms with E-state index in [2.05, 4.69) is 102 Å². The summed E-state index contributed by atoms with van der Waals surface area (Å²) in [5, 5.41) is 0. The van der Waals surface area contributed by atoms with Crippen LogP contribution >= 0.6 is 0 Å². The average molecular weight is 1020 g/mol. The maximum absolute atomic E-state index is 5.24. The summed E-state index contributed by atoms with van der Waals surface area (Å²) in [6.07, 6.45) is 61.4. The molecule has 68 heavy (non-hydrogen) atoms. The smallest absolute Gasteiger partial charge is 0.139 e. The fourth-order valence-electron chi connectivity index (χ4n) is 9.77. The molecule has 0 amide bonds. The van der Waals surface area contributed by atoms with Crippen LogP contribution in [0.2, 0.25) is 0 Å². The predicted octanol–water partition coefficient (Wildman–Crippen LogP) is 22.4. The van der Waals surface area contributed by atoms with Crippen molar-refractivity contribution in [3.63, 3.8) is 0 Å². The van der Waals surface area contributed by atoms with E-state index >= 15 is 0 Å². The molecule has 2 nitrogen and oxygen atoms in total. The molecule has 0 aromatic heterocycles. The van der Waals surface area contributed by atoms with Gasteiger partial charge in [0.2, 0.25) is 0 Å². The van der Waals surface area contributed by atoms with Gasteiger partial charge < -0.3 is 0 Å². The molecule has 388 valence electrons. The molecule has 0 saturated carbocycles. The molecule has 0 aliphatic heterocycles. The van der Waals surface area contributed by atoms with Crippen molar-refractivity contribution in [1.29, 1.82) is 0 Å². The minimum absolute atomic E-state index is 0. The van der Waals surface area contributed by atoms with Gasteiger partial charge in [0.25, 0.3) is 0 Å². The number of aryl methyl sites for hydroxylation is 4. The van der Waals surface area contributed by atoms with E-state index in [1.54, 1.807) is 0 Å². The second kappa shape index (κ2) is 47.1. The number of benzene rings is 2. The first-order chi connectivity index (χ1) is 32.9. The summed E-state index contributed by atoms with van der Waals surface area (Å²) in [5.74, 6) is 7.10. The van der Waals surface area contributed by atoms with Crippen molar-refractivity contribution in [3.8, 4) is 11.8 Å². The minimum atomic E-state index is 0. The van der Waals surface area contributed by atoms with E-state index in [1.807, 2.05) is 0 Å². The number of rotatable bonds is 44. The molecular formula is C65H108N2Pd. The number of hydrogen-bond donors (Lipinski definition) is 0. The molecular weight excluding hydrogens is 915 g/mol. The third-order valence-corrected chi connectivity index (χ3v) is 13.8. The van der Waals surface area contributed by atoms with Crippen LogP contribution in [0.4, 0.5) is 11.4 Å². The zero-order chi connectivity index (χ0) is 48.1. The van der Waals surface area contributed by atoms with E-state index in [9.17, 15) is 0 Å². The Morgan fingerprint density at radius 3 is 0.971 bits per heavy atom. The summed E-state index contributed by atoms with van der Waals surface area (Å²) in [4.78, 5) is 10.4. The van der Waals surface area contributed by atoms with Crippen LogP contribution in [-0.4, -0.2) is 11.4 Å². The van der Waals surface area contributed by atoms with Gasteiger partial charge in [-0.3, -0.25) is 0 Å². The molecule has 0 heterocycles. The predicted molar refractivity (Wildman–Crippen MR) is 304 cm³/mol. The van der Waals surface area contributed by atoms with Gasteiger partial charge in [-0.25, -0.2) is 9.98 Å². The fourth-order valence-corrected chi connectivity index (χ4v) is 9.77. The zero-order valence-electron chi connectivity index (χ0n) is 45.8. The second-order valence-electron chi connectivity index (χ2n) is 21.0. The third kappa shape index (κ3) is 38.5. The molecule has 0 atom stereocenters. The summed E-state index contributed by atoms with van der Waals surface area (Å²) in [7, 11) is 0. The average Bonchev–Trinajstić information content (AvgIpc) is 3.29. The van der Waals surface area contributed by atoms with Crippen LogP contribution in [0.5, 0.6) is 0 Å². The van der Waals surface area contributed by atoms with Crippen molar-refractivity contribution in [3.05, 3.63) is 70.8 Å². The number of hydrogen-bond acceptors (Lipinski definition) is 2. The molecule has 0 unspecified atom stereocenters. The van der Waals surface area contributed by atoms with Gasteiger partial charge in [-0.15, -0.1) is 0 Å². The van der Waals surface area contributed by atoms with Crippen molar-refractivity contribution in [2.45, 2.75) is 305 Å². The van der Waals surface area contributed by atoms with Crippen molar-refractivity contribution in [1.82, 2.24) is 0 Å². The van der Waals surface area contributed by atoms with E-state index in [-0.39, 0.29) is 20.4 Å². The van der Waals surface area contributed by atoms with Gasteiger partial charge in [0.05, 0.1) is 17.1 Å². The van der Waals surface area contributed by atoms with Gasteiger partial charge in [-0.2, -0.15) is 0 Å². The molecule has 0 spiro atoms. The number of allylic oxidation sites excluding steroid dienone is 2. The second-order valence-corrected chi connectivity index (χ2v) is 21.0. The van der Waals surface area contributed by atoms with E-state index < -0.39 is 0 Å². The van der Waals surface area contributed by atoms with Gasteiger partial charge in [0.1, 0.15) is 5.71 Å². The number of aliphatic imine (C=N–C) groups is 2. The van der Waals surface area contributed by atoms with Gasteiger partial charge in [0, 0.05) is 26.8 Å². The maximum atomic E-state index is 5.24. The topological polar surface area (TPSA) is 24.7 Å². The molecule has 2 rings (SSSR count). The summed E-state index contributed by atoms with van der Waals surface area (Å²) in [6.45, 7) is 13.2. The van der Waals surface area contributed by atoms with Crippen LogP contribution in [0.1, 0.15) is 299 Å². The van der Waals surface area contributed by atoms with E-state index in [0.717, 1.165) is 42.1 Å². The number of nitrogens with zero attached hydrogens (tertiary/aromatic N) is 2. The Labute approximate surface area is 438 Å². The summed E-state index contributed by atoms with van der Waals surface area (Å²) < 4.78 is 0. The van der Waals surface area contributed by atoms with Crippen LogP contribution in [0.25, 0.3) is 0 Å².